The number of aromatic nitrogens is 1. The van der Waals surface area contributed by atoms with E-state index in [0.717, 1.165) is 51.4 Å². The molecule has 0 bridgehead atoms. The van der Waals surface area contributed by atoms with Gasteiger partial charge < -0.3 is 20.4 Å². The van der Waals surface area contributed by atoms with E-state index in [9.17, 15) is 4.79 Å². The summed E-state index contributed by atoms with van der Waals surface area (Å²) in [5.41, 5.74) is 0.701. The summed E-state index contributed by atoms with van der Waals surface area (Å²) in [4.78, 5) is 21.6. The van der Waals surface area contributed by atoms with Crippen molar-refractivity contribution in [1.82, 2.24) is 20.5 Å². The highest BCUT2D eigenvalue weighted by molar-refractivity contribution is 5.95. The molecule has 0 spiro atoms. The van der Waals surface area contributed by atoms with Crippen LogP contribution in [0.2, 0.25) is 0 Å². The summed E-state index contributed by atoms with van der Waals surface area (Å²) in [5, 5.41) is 6.58. The monoisotopic (exact) mass is 389 g/mol. The van der Waals surface area contributed by atoms with E-state index in [-0.39, 0.29) is 36.8 Å². The van der Waals surface area contributed by atoms with Crippen LogP contribution in [-0.2, 0) is 0 Å². The summed E-state index contributed by atoms with van der Waals surface area (Å²) in [6.07, 6.45) is 3.89. The Morgan fingerprint density at radius 2 is 2.00 bits per heavy atom. The van der Waals surface area contributed by atoms with Crippen molar-refractivity contribution < 1.29 is 4.79 Å². The Labute approximate surface area is 162 Å². The van der Waals surface area contributed by atoms with Crippen LogP contribution < -0.4 is 15.5 Å². The molecule has 2 fully saturated rings. The van der Waals surface area contributed by atoms with Crippen LogP contribution >= 0.6 is 24.8 Å². The van der Waals surface area contributed by atoms with Gasteiger partial charge in [-0.15, -0.1) is 24.8 Å². The molecule has 3 rings (SSSR count). The second kappa shape index (κ2) is 10.2. The number of halogens is 2. The Bertz CT molecular complexity index is 552. The highest BCUT2D eigenvalue weighted by atomic mass is 35.5. The second-order valence-electron chi connectivity index (χ2n) is 6.66. The van der Waals surface area contributed by atoms with Crippen LogP contribution in [0.5, 0.6) is 0 Å². The van der Waals surface area contributed by atoms with Crippen molar-refractivity contribution in [3.63, 3.8) is 0 Å². The van der Waals surface area contributed by atoms with Crippen LogP contribution in [0.15, 0.2) is 18.3 Å². The number of piperidine rings is 1. The highest BCUT2D eigenvalue weighted by Gasteiger charge is 2.23. The van der Waals surface area contributed by atoms with E-state index in [1.807, 2.05) is 6.07 Å². The first-order valence-corrected chi connectivity index (χ1v) is 8.57. The van der Waals surface area contributed by atoms with Crippen molar-refractivity contribution in [3.8, 4) is 0 Å². The molecule has 2 aliphatic heterocycles. The van der Waals surface area contributed by atoms with Crippen molar-refractivity contribution in [3.05, 3.63) is 23.9 Å². The van der Waals surface area contributed by atoms with Gasteiger partial charge in [0.25, 0.3) is 5.91 Å². The average molecular weight is 390 g/mol. The number of nitrogens with one attached hydrogen (secondary N) is 2. The fourth-order valence-corrected chi connectivity index (χ4v) is 3.26. The Hall–Kier alpha value is -1.08. The molecule has 8 heteroatoms. The number of hydrogen-bond donors (Lipinski definition) is 2. The molecule has 2 saturated heterocycles. The molecule has 1 amide bonds. The van der Waals surface area contributed by atoms with Crippen LogP contribution in [0.4, 0.5) is 5.82 Å². The molecule has 2 aliphatic rings. The number of anilines is 1. The van der Waals surface area contributed by atoms with Crippen LogP contribution in [0, 0.1) is 0 Å². The normalized spacial score (nSPS) is 24.0. The second-order valence-corrected chi connectivity index (χ2v) is 6.66. The van der Waals surface area contributed by atoms with Gasteiger partial charge in [0, 0.05) is 50.0 Å². The van der Waals surface area contributed by atoms with Gasteiger partial charge in [-0.05, 0) is 45.5 Å². The molecule has 2 N–H and O–H groups in total. The Morgan fingerprint density at radius 3 is 2.68 bits per heavy atom. The Kier molecular flexibility index (Phi) is 8.93. The largest absolute Gasteiger partial charge is 0.354 e. The van der Waals surface area contributed by atoms with Crippen LogP contribution in [0.3, 0.4) is 0 Å². The first-order valence-electron chi connectivity index (χ1n) is 8.57. The maximum absolute atomic E-state index is 12.6. The Morgan fingerprint density at radius 1 is 1.28 bits per heavy atom. The molecule has 0 aliphatic carbocycles. The van der Waals surface area contributed by atoms with Crippen molar-refractivity contribution in [2.24, 2.45) is 0 Å². The zero-order chi connectivity index (χ0) is 16.2. The quantitative estimate of drug-likeness (QED) is 0.820. The van der Waals surface area contributed by atoms with Crippen LogP contribution in [-0.4, -0.2) is 67.6 Å². The number of likely N-dealkylation sites (N-methyl/N-ethyl adjacent to an activating group) is 1. The lowest BCUT2D eigenvalue weighted by Crippen LogP contribution is -2.51. The van der Waals surface area contributed by atoms with Gasteiger partial charge >= 0.3 is 0 Å². The minimum atomic E-state index is 0. The molecular formula is C17H29Cl2N5O. The fraction of sp³-hybridized carbons (Fsp3) is 0.647. The van der Waals surface area contributed by atoms with Crippen molar-refractivity contribution in [2.75, 3.05) is 44.7 Å². The first-order chi connectivity index (χ1) is 11.1. The first kappa shape index (κ1) is 22.0. The fourth-order valence-electron chi connectivity index (χ4n) is 3.26. The molecule has 25 heavy (non-hydrogen) atoms. The predicted octanol–water partition coefficient (Wildman–Crippen LogP) is 1.55. The van der Waals surface area contributed by atoms with Crippen LogP contribution in [0.25, 0.3) is 0 Å². The van der Waals surface area contributed by atoms with E-state index >= 15 is 0 Å². The molecule has 3 heterocycles. The molecule has 2 atom stereocenters. The number of rotatable bonds is 3. The van der Waals surface area contributed by atoms with Gasteiger partial charge in [-0.3, -0.25) is 4.79 Å². The zero-order valence-electron chi connectivity index (χ0n) is 14.9. The smallest absolute Gasteiger partial charge is 0.251 e. The standard InChI is InChI=1S/C17H27N5O.2ClH/c1-13-15(4-3-6-18-13)20-17(23)14-5-7-19-16(12-14)22-10-8-21(2)9-11-22;;/h5,7,12-13,15,18H,3-4,6,8-11H2,1-2H3,(H,20,23);2*1H. The van der Waals surface area contributed by atoms with Crippen molar-refractivity contribution in [1.29, 1.82) is 0 Å². The number of pyridine rings is 1. The summed E-state index contributed by atoms with van der Waals surface area (Å²) in [7, 11) is 2.13. The minimum Gasteiger partial charge on any atom is -0.354 e. The Balaban J connectivity index is 0.00000156. The molecule has 0 aromatic carbocycles. The zero-order valence-corrected chi connectivity index (χ0v) is 16.5. The lowest BCUT2D eigenvalue weighted by molar-refractivity contribution is 0.0919. The van der Waals surface area contributed by atoms with Gasteiger partial charge in [-0.25, -0.2) is 4.98 Å². The maximum atomic E-state index is 12.6. The average Bonchev–Trinajstić information content (AvgIpc) is 2.58. The SMILES string of the molecule is CC1NCCCC1NC(=O)c1ccnc(N2CCN(C)CC2)c1.Cl.Cl. The van der Waals surface area contributed by atoms with Crippen molar-refractivity contribution >= 4 is 36.5 Å². The summed E-state index contributed by atoms with van der Waals surface area (Å²) in [6.45, 7) is 7.14. The van der Waals surface area contributed by atoms with Crippen LogP contribution in [0.1, 0.15) is 30.1 Å². The molecular weight excluding hydrogens is 361 g/mol. The molecule has 2 unspecified atom stereocenters. The lowest BCUT2D eigenvalue weighted by Gasteiger charge is -2.33. The van der Waals surface area contributed by atoms with Gasteiger partial charge in [-0.1, -0.05) is 0 Å². The third kappa shape index (κ3) is 5.71. The van der Waals surface area contributed by atoms with Gasteiger partial charge in [0.05, 0.1) is 0 Å². The summed E-state index contributed by atoms with van der Waals surface area (Å²) in [5.74, 6) is 0.906. The van der Waals surface area contributed by atoms with E-state index in [1.165, 1.54) is 0 Å². The predicted molar refractivity (Wildman–Crippen MR) is 106 cm³/mol. The summed E-state index contributed by atoms with van der Waals surface area (Å²) >= 11 is 0. The summed E-state index contributed by atoms with van der Waals surface area (Å²) < 4.78 is 0. The number of carbonyl (C=O) groups excluding carboxylic acids is 1. The van der Waals surface area contributed by atoms with Crippen molar-refractivity contribution in [2.45, 2.75) is 31.8 Å². The van der Waals surface area contributed by atoms with E-state index in [2.05, 4.69) is 39.4 Å². The summed E-state index contributed by atoms with van der Waals surface area (Å²) in [6, 6.07) is 4.25. The minimum absolute atomic E-state index is 0. The number of piperazine rings is 1. The molecule has 1 aromatic heterocycles. The highest BCUT2D eigenvalue weighted by Crippen LogP contribution is 2.16. The number of hydrogen-bond acceptors (Lipinski definition) is 5. The topological polar surface area (TPSA) is 60.5 Å². The van der Waals surface area contributed by atoms with E-state index in [1.54, 1.807) is 12.3 Å². The molecule has 1 aromatic rings. The number of nitrogens with zero attached hydrogens (tertiary/aromatic N) is 3. The van der Waals surface area contributed by atoms with E-state index < -0.39 is 0 Å². The van der Waals surface area contributed by atoms with E-state index in [0.29, 0.717) is 11.6 Å². The maximum Gasteiger partial charge on any atom is 0.251 e. The van der Waals surface area contributed by atoms with E-state index in [4.69, 9.17) is 0 Å². The number of carbonyl (C=O) groups is 1. The molecule has 0 radical (unpaired) electrons. The lowest BCUT2D eigenvalue weighted by atomic mass is 9.99. The molecule has 142 valence electrons. The third-order valence-corrected chi connectivity index (χ3v) is 4.91. The van der Waals surface area contributed by atoms with Gasteiger partial charge in [-0.2, -0.15) is 0 Å². The van der Waals surface area contributed by atoms with Gasteiger partial charge in [0.1, 0.15) is 5.82 Å². The molecule has 6 nitrogen and oxygen atoms in total. The number of amides is 1. The third-order valence-electron chi connectivity index (χ3n) is 4.91. The van der Waals surface area contributed by atoms with Gasteiger partial charge in [0.2, 0.25) is 0 Å². The van der Waals surface area contributed by atoms with Gasteiger partial charge in [0.15, 0.2) is 0 Å². The molecule has 0 saturated carbocycles.